The van der Waals surface area contributed by atoms with Gasteiger partial charge in [-0.25, -0.2) is 9.78 Å². The van der Waals surface area contributed by atoms with Crippen LogP contribution in [0.2, 0.25) is 5.02 Å². The Kier molecular flexibility index (Phi) is 3.72. The van der Waals surface area contributed by atoms with Crippen LogP contribution in [0.15, 0.2) is 29.3 Å². The largest absolute Gasteiger partial charge is 0.373 e. The van der Waals surface area contributed by atoms with E-state index in [4.69, 9.17) is 11.6 Å². The molecular weight excluding hydrogens is 252 g/mol. The normalized spacial score (nSPS) is 10.6. The van der Waals surface area contributed by atoms with Crippen molar-refractivity contribution in [3.63, 3.8) is 0 Å². The molecule has 0 bridgehead atoms. The van der Waals surface area contributed by atoms with E-state index in [0.29, 0.717) is 23.8 Å². The number of hydrogen-bond acceptors (Lipinski definition) is 3. The molecule has 0 saturated heterocycles. The van der Waals surface area contributed by atoms with E-state index in [2.05, 4.69) is 10.3 Å². The van der Waals surface area contributed by atoms with Gasteiger partial charge < -0.3 is 5.32 Å². The minimum absolute atomic E-state index is 0.0507. The van der Waals surface area contributed by atoms with E-state index in [1.54, 1.807) is 40.7 Å². The first-order valence-corrected chi connectivity index (χ1v) is 6.12. The number of nitrogens with one attached hydrogen (secondary N) is 1. The summed E-state index contributed by atoms with van der Waals surface area (Å²) in [7, 11) is 1.79. The van der Waals surface area contributed by atoms with Gasteiger partial charge in [0.05, 0.1) is 17.3 Å². The second-order valence-electron chi connectivity index (χ2n) is 3.87. The van der Waals surface area contributed by atoms with Gasteiger partial charge in [-0.05, 0) is 19.1 Å². The van der Waals surface area contributed by atoms with Gasteiger partial charge in [-0.1, -0.05) is 11.6 Å². The summed E-state index contributed by atoms with van der Waals surface area (Å²) in [4.78, 5) is 16.3. The lowest BCUT2D eigenvalue weighted by atomic mass is 10.3. The van der Waals surface area contributed by atoms with Crippen LogP contribution >= 0.6 is 11.6 Å². The summed E-state index contributed by atoms with van der Waals surface area (Å²) in [6, 6.07) is 3.57. The molecule has 0 aliphatic carbocycles. The Hall–Kier alpha value is -1.75. The van der Waals surface area contributed by atoms with Crippen molar-refractivity contribution in [1.29, 1.82) is 0 Å². The third-order valence-corrected chi connectivity index (χ3v) is 3.10. The maximum absolute atomic E-state index is 11.9. The Morgan fingerprint density at radius 3 is 2.67 bits per heavy atom. The lowest BCUT2D eigenvalue weighted by Gasteiger charge is -2.06. The number of imidazole rings is 1. The van der Waals surface area contributed by atoms with E-state index < -0.39 is 0 Å². The standard InChI is InChI=1S/C12H15ClN4O/c1-3-16-6-7-17(12(16)18)8-10-9(13)4-5-11(14-2)15-10/h4-7H,3,8H2,1-2H3,(H,14,15). The molecule has 96 valence electrons. The van der Waals surface area contributed by atoms with Gasteiger partial charge in [0.25, 0.3) is 0 Å². The summed E-state index contributed by atoms with van der Waals surface area (Å²) in [5.74, 6) is 0.734. The smallest absolute Gasteiger partial charge is 0.328 e. The molecule has 18 heavy (non-hydrogen) atoms. The van der Waals surface area contributed by atoms with Gasteiger partial charge in [-0.3, -0.25) is 9.13 Å². The van der Waals surface area contributed by atoms with Crippen LogP contribution < -0.4 is 11.0 Å². The van der Waals surface area contributed by atoms with Gasteiger partial charge in [0.1, 0.15) is 5.82 Å². The maximum Gasteiger partial charge on any atom is 0.328 e. The number of aryl methyl sites for hydroxylation is 1. The Bertz CT molecular complexity index is 602. The Morgan fingerprint density at radius 1 is 1.33 bits per heavy atom. The van der Waals surface area contributed by atoms with Crippen molar-refractivity contribution < 1.29 is 0 Å². The van der Waals surface area contributed by atoms with Crippen molar-refractivity contribution in [2.45, 2.75) is 20.0 Å². The van der Waals surface area contributed by atoms with Crippen LogP contribution in [0.3, 0.4) is 0 Å². The van der Waals surface area contributed by atoms with Crippen molar-refractivity contribution in [2.24, 2.45) is 0 Å². The molecule has 0 unspecified atom stereocenters. The number of hydrogen-bond donors (Lipinski definition) is 1. The molecule has 0 spiro atoms. The second kappa shape index (κ2) is 5.27. The molecule has 0 saturated carbocycles. The van der Waals surface area contributed by atoms with Gasteiger partial charge in [-0.2, -0.15) is 0 Å². The molecule has 0 radical (unpaired) electrons. The van der Waals surface area contributed by atoms with Crippen LogP contribution in [-0.2, 0) is 13.1 Å². The van der Waals surface area contributed by atoms with E-state index >= 15 is 0 Å². The zero-order chi connectivity index (χ0) is 13.1. The predicted molar refractivity (Wildman–Crippen MR) is 72.3 cm³/mol. The fourth-order valence-corrected chi connectivity index (χ4v) is 1.88. The minimum Gasteiger partial charge on any atom is -0.373 e. The summed E-state index contributed by atoms with van der Waals surface area (Å²) in [6.07, 6.45) is 3.51. The van der Waals surface area contributed by atoms with E-state index in [0.717, 1.165) is 5.82 Å². The molecule has 5 nitrogen and oxygen atoms in total. The van der Waals surface area contributed by atoms with Gasteiger partial charge in [0.15, 0.2) is 0 Å². The van der Waals surface area contributed by atoms with Crippen LogP contribution in [0.5, 0.6) is 0 Å². The molecule has 1 N–H and O–H groups in total. The van der Waals surface area contributed by atoms with E-state index in [1.165, 1.54) is 0 Å². The van der Waals surface area contributed by atoms with Gasteiger partial charge in [0, 0.05) is 26.0 Å². The van der Waals surface area contributed by atoms with E-state index in [9.17, 15) is 4.79 Å². The van der Waals surface area contributed by atoms with Crippen LogP contribution in [0, 0.1) is 0 Å². The number of rotatable bonds is 4. The average molecular weight is 267 g/mol. The number of nitrogens with zero attached hydrogens (tertiary/aromatic N) is 3. The Morgan fingerprint density at radius 2 is 2.06 bits per heavy atom. The van der Waals surface area contributed by atoms with Crippen LogP contribution in [0.25, 0.3) is 0 Å². The summed E-state index contributed by atoms with van der Waals surface area (Å²) < 4.78 is 3.23. The third-order valence-electron chi connectivity index (χ3n) is 2.75. The van der Waals surface area contributed by atoms with Gasteiger partial charge in [0.2, 0.25) is 0 Å². The fourth-order valence-electron chi connectivity index (χ4n) is 1.71. The van der Waals surface area contributed by atoms with Crippen LogP contribution in [-0.4, -0.2) is 21.2 Å². The molecule has 2 rings (SSSR count). The predicted octanol–water partition coefficient (Wildman–Crippen LogP) is 1.81. The lowest BCUT2D eigenvalue weighted by Crippen LogP contribution is -2.24. The highest BCUT2D eigenvalue weighted by molar-refractivity contribution is 6.31. The molecule has 0 fully saturated rings. The van der Waals surface area contributed by atoms with Crippen molar-refractivity contribution >= 4 is 17.4 Å². The average Bonchev–Trinajstić information content (AvgIpc) is 2.73. The van der Waals surface area contributed by atoms with Crippen molar-refractivity contribution in [1.82, 2.24) is 14.1 Å². The molecule has 0 aliphatic rings. The molecule has 0 amide bonds. The first-order valence-electron chi connectivity index (χ1n) is 5.74. The number of anilines is 1. The quantitative estimate of drug-likeness (QED) is 0.918. The minimum atomic E-state index is -0.0507. The Labute approximate surface area is 110 Å². The van der Waals surface area contributed by atoms with Crippen molar-refractivity contribution in [3.05, 3.63) is 45.7 Å². The summed E-state index contributed by atoms with van der Waals surface area (Å²) in [5.41, 5.74) is 0.629. The SMILES string of the molecule is CCn1ccn(Cc2nc(NC)ccc2Cl)c1=O. The van der Waals surface area contributed by atoms with Crippen LogP contribution in [0.1, 0.15) is 12.6 Å². The van der Waals surface area contributed by atoms with E-state index in [1.807, 2.05) is 6.92 Å². The second-order valence-corrected chi connectivity index (χ2v) is 4.28. The zero-order valence-electron chi connectivity index (χ0n) is 10.4. The summed E-state index contributed by atoms with van der Waals surface area (Å²) in [5, 5.41) is 3.51. The third kappa shape index (κ3) is 2.41. The highest BCUT2D eigenvalue weighted by atomic mass is 35.5. The van der Waals surface area contributed by atoms with Crippen LogP contribution in [0.4, 0.5) is 5.82 Å². The van der Waals surface area contributed by atoms with E-state index in [-0.39, 0.29) is 5.69 Å². The van der Waals surface area contributed by atoms with Crippen molar-refractivity contribution in [3.8, 4) is 0 Å². The first-order chi connectivity index (χ1) is 8.65. The molecule has 0 atom stereocenters. The highest BCUT2D eigenvalue weighted by Crippen LogP contribution is 2.17. The van der Waals surface area contributed by atoms with Crippen molar-refractivity contribution in [2.75, 3.05) is 12.4 Å². The zero-order valence-corrected chi connectivity index (χ0v) is 11.1. The molecule has 2 aromatic rings. The number of pyridine rings is 1. The molecular formula is C12H15ClN4O. The number of aromatic nitrogens is 3. The summed E-state index contributed by atoms with van der Waals surface area (Å²) in [6.45, 7) is 2.96. The fraction of sp³-hybridized carbons (Fsp3) is 0.333. The molecule has 2 aromatic heterocycles. The number of halogens is 1. The topological polar surface area (TPSA) is 51.9 Å². The maximum atomic E-state index is 11.9. The lowest BCUT2D eigenvalue weighted by molar-refractivity contribution is 0.662. The summed E-state index contributed by atoms with van der Waals surface area (Å²) >= 11 is 6.08. The molecule has 0 aromatic carbocycles. The monoisotopic (exact) mass is 266 g/mol. The molecule has 2 heterocycles. The molecule has 6 heteroatoms. The van der Waals surface area contributed by atoms with Gasteiger partial charge >= 0.3 is 5.69 Å². The molecule has 0 aliphatic heterocycles. The first kappa shape index (κ1) is 12.7. The van der Waals surface area contributed by atoms with Gasteiger partial charge in [-0.15, -0.1) is 0 Å². The Balaban J connectivity index is 2.33. The highest BCUT2D eigenvalue weighted by Gasteiger charge is 2.07.